The molecular weight excluding hydrogens is 198 g/mol. The molecule has 1 unspecified atom stereocenters. The Morgan fingerprint density at radius 2 is 2.43 bits per heavy atom. The van der Waals surface area contributed by atoms with Gasteiger partial charge in [-0.2, -0.15) is 0 Å². The van der Waals surface area contributed by atoms with Crippen LogP contribution in [0.3, 0.4) is 0 Å². The number of hydrogen-bond acceptors (Lipinski definition) is 2. The van der Waals surface area contributed by atoms with Gasteiger partial charge in [0.2, 0.25) is 0 Å². The van der Waals surface area contributed by atoms with Crippen LogP contribution < -0.4 is 5.73 Å². The van der Waals surface area contributed by atoms with E-state index in [2.05, 4.69) is 16.5 Å². The topological polar surface area (TPSA) is 43.8 Å². The van der Waals surface area contributed by atoms with E-state index in [0.717, 1.165) is 18.8 Å². The van der Waals surface area contributed by atoms with Crippen LogP contribution in [-0.4, -0.2) is 16.1 Å². The van der Waals surface area contributed by atoms with Crippen molar-refractivity contribution in [3.05, 3.63) is 16.7 Å². The first-order valence-electron chi connectivity index (χ1n) is 5.19. The molecule has 2 N–H and O–H groups in total. The van der Waals surface area contributed by atoms with Crippen molar-refractivity contribution < 1.29 is 0 Å². The molecule has 0 aromatic carbocycles. The molecule has 0 fully saturated rings. The van der Waals surface area contributed by atoms with Crippen molar-refractivity contribution in [2.45, 2.75) is 38.6 Å². The van der Waals surface area contributed by atoms with Gasteiger partial charge in [-0.15, -0.1) is 0 Å². The number of nitrogens with two attached hydrogens (primary N) is 1. The van der Waals surface area contributed by atoms with E-state index in [-0.39, 0.29) is 0 Å². The predicted molar refractivity (Wildman–Crippen MR) is 57.6 cm³/mol. The molecule has 1 aromatic heterocycles. The first-order valence-corrected chi connectivity index (χ1v) is 5.56. The number of halogens is 1. The highest BCUT2D eigenvalue weighted by molar-refractivity contribution is 6.30. The normalized spacial score (nSPS) is 20.9. The Labute approximate surface area is 89.3 Å². The number of rotatable bonds is 2. The Balaban J connectivity index is 2.41. The SMILES string of the molecule is CC1CCCn2c(CCN)nc(Cl)c21. The van der Waals surface area contributed by atoms with E-state index >= 15 is 0 Å². The summed E-state index contributed by atoms with van der Waals surface area (Å²) < 4.78 is 2.25. The van der Waals surface area contributed by atoms with Gasteiger partial charge in [-0.1, -0.05) is 18.5 Å². The van der Waals surface area contributed by atoms with E-state index in [1.54, 1.807) is 0 Å². The van der Waals surface area contributed by atoms with Crippen LogP contribution in [0, 0.1) is 0 Å². The maximum absolute atomic E-state index is 6.12. The molecule has 0 radical (unpaired) electrons. The summed E-state index contributed by atoms with van der Waals surface area (Å²) in [5.41, 5.74) is 6.75. The number of aromatic nitrogens is 2. The highest BCUT2D eigenvalue weighted by atomic mass is 35.5. The molecular formula is C10H16ClN3. The summed E-state index contributed by atoms with van der Waals surface area (Å²) in [5.74, 6) is 1.59. The third-order valence-electron chi connectivity index (χ3n) is 2.89. The molecule has 0 spiro atoms. The lowest BCUT2D eigenvalue weighted by atomic mass is 9.98. The van der Waals surface area contributed by atoms with E-state index in [9.17, 15) is 0 Å². The largest absolute Gasteiger partial charge is 0.330 e. The monoisotopic (exact) mass is 213 g/mol. The Hall–Kier alpha value is -0.540. The van der Waals surface area contributed by atoms with Crippen LogP contribution in [0.2, 0.25) is 5.15 Å². The van der Waals surface area contributed by atoms with Gasteiger partial charge in [0.15, 0.2) is 5.15 Å². The lowest BCUT2D eigenvalue weighted by Crippen LogP contribution is -2.17. The summed E-state index contributed by atoms with van der Waals surface area (Å²) in [7, 11) is 0. The highest BCUT2D eigenvalue weighted by Crippen LogP contribution is 2.33. The zero-order valence-electron chi connectivity index (χ0n) is 8.46. The summed E-state index contributed by atoms with van der Waals surface area (Å²) in [4.78, 5) is 4.38. The third-order valence-corrected chi connectivity index (χ3v) is 3.17. The van der Waals surface area contributed by atoms with E-state index in [4.69, 9.17) is 17.3 Å². The molecule has 0 bridgehead atoms. The molecule has 14 heavy (non-hydrogen) atoms. The van der Waals surface area contributed by atoms with Gasteiger partial charge >= 0.3 is 0 Å². The molecule has 1 aliphatic rings. The van der Waals surface area contributed by atoms with E-state index in [0.29, 0.717) is 17.6 Å². The maximum atomic E-state index is 6.12. The predicted octanol–water partition coefficient (Wildman–Crippen LogP) is 1.94. The standard InChI is InChI=1S/C10H16ClN3/c1-7-3-2-6-14-8(4-5-12)13-10(11)9(7)14/h7H,2-6,12H2,1H3. The average Bonchev–Trinajstić information content (AvgIpc) is 2.46. The molecule has 2 rings (SSSR count). The lowest BCUT2D eigenvalue weighted by Gasteiger charge is -2.22. The summed E-state index contributed by atoms with van der Waals surface area (Å²) in [6.07, 6.45) is 3.26. The van der Waals surface area contributed by atoms with Crippen LogP contribution in [0.15, 0.2) is 0 Å². The summed E-state index contributed by atoms with van der Waals surface area (Å²) >= 11 is 6.12. The quantitative estimate of drug-likeness (QED) is 0.816. The molecule has 3 nitrogen and oxygen atoms in total. The minimum Gasteiger partial charge on any atom is -0.330 e. The van der Waals surface area contributed by atoms with Crippen molar-refractivity contribution in [2.75, 3.05) is 6.54 Å². The Morgan fingerprint density at radius 1 is 1.64 bits per heavy atom. The van der Waals surface area contributed by atoms with Gasteiger partial charge in [0, 0.05) is 13.0 Å². The summed E-state index contributed by atoms with van der Waals surface area (Å²) in [6.45, 7) is 3.90. The maximum Gasteiger partial charge on any atom is 0.150 e. The minimum atomic E-state index is 0.537. The van der Waals surface area contributed by atoms with Gasteiger partial charge in [0.1, 0.15) is 5.82 Å². The van der Waals surface area contributed by atoms with Gasteiger partial charge in [-0.05, 0) is 25.3 Å². The minimum absolute atomic E-state index is 0.537. The molecule has 0 amide bonds. The van der Waals surface area contributed by atoms with E-state index in [1.807, 2.05) is 0 Å². The zero-order valence-corrected chi connectivity index (χ0v) is 9.22. The molecule has 2 heterocycles. The van der Waals surface area contributed by atoms with E-state index in [1.165, 1.54) is 18.5 Å². The Morgan fingerprint density at radius 3 is 3.14 bits per heavy atom. The van der Waals surface area contributed by atoms with Crippen LogP contribution in [0.5, 0.6) is 0 Å². The fourth-order valence-electron chi connectivity index (χ4n) is 2.21. The van der Waals surface area contributed by atoms with Crippen molar-refractivity contribution in [1.29, 1.82) is 0 Å². The van der Waals surface area contributed by atoms with Crippen LogP contribution in [0.25, 0.3) is 0 Å². The molecule has 4 heteroatoms. The molecule has 1 aromatic rings. The molecule has 0 saturated carbocycles. The summed E-state index contributed by atoms with van der Waals surface area (Å²) in [5, 5.41) is 0.681. The second-order valence-electron chi connectivity index (χ2n) is 3.94. The van der Waals surface area contributed by atoms with Crippen molar-refractivity contribution in [3.63, 3.8) is 0 Å². The van der Waals surface area contributed by atoms with Crippen LogP contribution in [0.1, 0.15) is 37.2 Å². The highest BCUT2D eigenvalue weighted by Gasteiger charge is 2.23. The number of fused-ring (bicyclic) bond motifs is 1. The van der Waals surface area contributed by atoms with Gasteiger partial charge in [-0.25, -0.2) is 4.98 Å². The lowest BCUT2D eigenvalue weighted by molar-refractivity contribution is 0.463. The van der Waals surface area contributed by atoms with Gasteiger partial charge in [0.25, 0.3) is 0 Å². The first-order chi connectivity index (χ1) is 6.74. The average molecular weight is 214 g/mol. The second kappa shape index (κ2) is 3.91. The third kappa shape index (κ3) is 1.55. The zero-order chi connectivity index (χ0) is 10.1. The molecule has 78 valence electrons. The number of nitrogens with zero attached hydrogens (tertiary/aromatic N) is 2. The van der Waals surface area contributed by atoms with Gasteiger partial charge < -0.3 is 10.3 Å². The molecule has 0 aliphatic carbocycles. The number of hydrogen-bond donors (Lipinski definition) is 1. The second-order valence-corrected chi connectivity index (χ2v) is 4.30. The van der Waals surface area contributed by atoms with Crippen LogP contribution in [-0.2, 0) is 13.0 Å². The number of imidazole rings is 1. The van der Waals surface area contributed by atoms with Gasteiger partial charge in [-0.3, -0.25) is 0 Å². The van der Waals surface area contributed by atoms with Crippen molar-refractivity contribution in [3.8, 4) is 0 Å². The van der Waals surface area contributed by atoms with Crippen LogP contribution >= 0.6 is 11.6 Å². The van der Waals surface area contributed by atoms with Crippen molar-refractivity contribution in [1.82, 2.24) is 9.55 Å². The van der Waals surface area contributed by atoms with Crippen LogP contribution in [0.4, 0.5) is 0 Å². The van der Waals surface area contributed by atoms with Gasteiger partial charge in [0.05, 0.1) is 5.69 Å². The smallest absolute Gasteiger partial charge is 0.150 e. The fourth-order valence-corrected chi connectivity index (χ4v) is 2.60. The first kappa shape index (κ1) is 9.99. The van der Waals surface area contributed by atoms with Crippen molar-refractivity contribution in [2.24, 2.45) is 5.73 Å². The molecule has 1 aliphatic heterocycles. The summed E-state index contributed by atoms with van der Waals surface area (Å²) in [6, 6.07) is 0. The fraction of sp³-hybridized carbons (Fsp3) is 0.700. The Kier molecular flexibility index (Phi) is 2.79. The van der Waals surface area contributed by atoms with Crippen molar-refractivity contribution >= 4 is 11.6 Å². The Bertz CT molecular complexity index is 332. The molecule has 1 atom stereocenters. The van der Waals surface area contributed by atoms with E-state index < -0.39 is 0 Å². The molecule has 0 saturated heterocycles.